The van der Waals surface area contributed by atoms with Crippen LogP contribution in [0.3, 0.4) is 0 Å². The predicted molar refractivity (Wildman–Crippen MR) is 76.2 cm³/mol. The van der Waals surface area contributed by atoms with Crippen LogP contribution in [-0.2, 0) is 6.54 Å². The zero-order chi connectivity index (χ0) is 12.3. The number of hydrogen-bond acceptors (Lipinski definition) is 3. The second kappa shape index (κ2) is 5.76. The van der Waals surface area contributed by atoms with E-state index >= 15 is 0 Å². The lowest BCUT2D eigenvalue weighted by atomic mass is 10.2. The molecule has 1 N–H and O–H groups in total. The third kappa shape index (κ3) is 3.37. The average molecular weight is 311 g/mol. The summed E-state index contributed by atoms with van der Waals surface area (Å²) >= 11 is 5.33. The van der Waals surface area contributed by atoms with Crippen molar-refractivity contribution >= 4 is 27.3 Å². The molecule has 2 nitrogen and oxygen atoms in total. The van der Waals surface area contributed by atoms with Gasteiger partial charge in [0.2, 0.25) is 0 Å². The number of nitrogens with one attached hydrogen (secondary N) is 1. The van der Waals surface area contributed by atoms with E-state index in [2.05, 4.69) is 50.7 Å². The summed E-state index contributed by atoms with van der Waals surface area (Å²) < 4.78 is 1.18. The fraction of sp³-hybridized carbons (Fsp3) is 0.308. The van der Waals surface area contributed by atoms with Gasteiger partial charge in [0, 0.05) is 33.8 Å². The average Bonchev–Trinajstić information content (AvgIpc) is 2.74. The first-order valence-corrected chi connectivity index (χ1v) is 7.22. The molecule has 0 fully saturated rings. The normalized spacial score (nSPS) is 12.6. The van der Waals surface area contributed by atoms with Crippen LogP contribution in [-0.4, -0.2) is 4.98 Å². The number of pyridine rings is 1. The van der Waals surface area contributed by atoms with E-state index in [0.717, 1.165) is 12.2 Å². The number of thiophene rings is 1. The molecule has 17 heavy (non-hydrogen) atoms. The summed E-state index contributed by atoms with van der Waals surface area (Å²) in [4.78, 5) is 5.63. The van der Waals surface area contributed by atoms with Gasteiger partial charge in [0.1, 0.15) is 0 Å². The van der Waals surface area contributed by atoms with Crippen molar-refractivity contribution in [3.8, 4) is 0 Å². The fourth-order valence-electron chi connectivity index (χ4n) is 1.58. The summed E-state index contributed by atoms with van der Waals surface area (Å²) in [5.74, 6) is 0. The molecule has 0 bridgehead atoms. The van der Waals surface area contributed by atoms with E-state index in [1.165, 1.54) is 14.9 Å². The van der Waals surface area contributed by atoms with Gasteiger partial charge < -0.3 is 5.32 Å². The summed E-state index contributed by atoms with van der Waals surface area (Å²) in [5, 5.41) is 5.60. The zero-order valence-corrected chi connectivity index (χ0v) is 12.3. The van der Waals surface area contributed by atoms with Gasteiger partial charge in [-0.05, 0) is 52.9 Å². The molecule has 0 aliphatic carbocycles. The van der Waals surface area contributed by atoms with Crippen LogP contribution in [0.15, 0.2) is 34.2 Å². The van der Waals surface area contributed by atoms with E-state index in [1.54, 1.807) is 11.3 Å². The summed E-state index contributed by atoms with van der Waals surface area (Å²) in [5.41, 5.74) is 2.28. The van der Waals surface area contributed by atoms with E-state index in [-0.39, 0.29) is 0 Å². The van der Waals surface area contributed by atoms with Gasteiger partial charge in [-0.15, -0.1) is 11.3 Å². The first-order chi connectivity index (χ1) is 8.16. The lowest BCUT2D eigenvalue weighted by Crippen LogP contribution is -2.17. The quantitative estimate of drug-likeness (QED) is 0.921. The Kier molecular flexibility index (Phi) is 4.31. The van der Waals surface area contributed by atoms with Crippen molar-refractivity contribution in [1.29, 1.82) is 0 Å². The van der Waals surface area contributed by atoms with Gasteiger partial charge in [-0.1, -0.05) is 6.07 Å². The van der Waals surface area contributed by atoms with E-state index in [4.69, 9.17) is 0 Å². The van der Waals surface area contributed by atoms with Crippen molar-refractivity contribution in [2.24, 2.45) is 0 Å². The topological polar surface area (TPSA) is 24.9 Å². The standard InChI is InChI=1S/C13H15BrN2S/c1-9-3-4-11(7-15-9)8-16-10(2)13-12(14)5-6-17-13/h3-7,10,16H,8H2,1-2H3. The molecule has 0 aromatic carbocycles. The minimum Gasteiger partial charge on any atom is -0.305 e. The highest BCUT2D eigenvalue weighted by atomic mass is 79.9. The Morgan fingerprint density at radius 2 is 2.24 bits per heavy atom. The molecule has 2 aromatic rings. The van der Waals surface area contributed by atoms with Crippen LogP contribution in [0.5, 0.6) is 0 Å². The molecule has 1 atom stereocenters. The molecule has 0 amide bonds. The molecule has 1 unspecified atom stereocenters. The Hall–Kier alpha value is -0.710. The van der Waals surface area contributed by atoms with Crippen molar-refractivity contribution in [3.05, 3.63) is 50.4 Å². The maximum Gasteiger partial charge on any atom is 0.0400 e. The Balaban J connectivity index is 1.94. The van der Waals surface area contributed by atoms with Gasteiger partial charge in [-0.3, -0.25) is 4.98 Å². The monoisotopic (exact) mass is 310 g/mol. The van der Waals surface area contributed by atoms with E-state index in [1.807, 2.05) is 19.2 Å². The van der Waals surface area contributed by atoms with Gasteiger partial charge in [0.15, 0.2) is 0 Å². The van der Waals surface area contributed by atoms with E-state index in [0.29, 0.717) is 6.04 Å². The molecular weight excluding hydrogens is 296 g/mol. The van der Waals surface area contributed by atoms with Crippen molar-refractivity contribution < 1.29 is 0 Å². The fourth-order valence-corrected chi connectivity index (χ4v) is 3.33. The Morgan fingerprint density at radius 1 is 1.41 bits per heavy atom. The molecule has 0 aliphatic heterocycles. The van der Waals surface area contributed by atoms with Crippen LogP contribution in [0, 0.1) is 6.92 Å². The number of aromatic nitrogens is 1. The molecule has 4 heteroatoms. The number of halogens is 1. The van der Waals surface area contributed by atoms with Crippen molar-refractivity contribution in [2.75, 3.05) is 0 Å². The summed E-state index contributed by atoms with van der Waals surface area (Å²) in [6, 6.07) is 6.60. The van der Waals surface area contributed by atoms with Crippen LogP contribution < -0.4 is 5.32 Å². The summed E-state index contributed by atoms with van der Waals surface area (Å²) in [6.07, 6.45) is 1.93. The SMILES string of the molecule is Cc1ccc(CNC(C)c2sccc2Br)cn1. The summed E-state index contributed by atoms with van der Waals surface area (Å²) in [7, 11) is 0. The first kappa shape index (κ1) is 12.7. The number of aryl methyl sites for hydroxylation is 1. The Bertz CT molecular complexity index is 478. The second-order valence-corrected chi connectivity index (χ2v) is 5.85. The van der Waals surface area contributed by atoms with E-state index < -0.39 is 0 Å². The lowest BCUT2D eigenvalue weighted by Gasteiger charge is -2.12. The van der Waals surface area contributed by atoms with E-state index in [9.17, 15) is 0 Å². The smallest absolute Gasteiger partial charge is 0.0400 e. The highest BCUT2D eigenvalue weighted by Gasteiger charge is 2.09. The van der Waals surface area contributed by atoms with Gasteiger partial charge in [0.25, 0.3) is 0 Å². The van der Waals surface area contributed by atoms with Gasteiger partial charge in [-0.2, -0.15) is 0 Å². The van der Waals surface area contributed by atoms with Gasteiger partial charge >= 0.3 is 0 Å². The van der Waals surface area contributed by atoms with Gasteiger partial charge in [-0.25, -0.2) is 0 Å². The van der Waals surface area contributed by atoms with Crippen LogP contribution in [0.1, 0.15) is 29.1 Å². The molecule has 0 aliphatic rings. The van der Waals surface area contributed by atoms with Crippen LogP contribution >= 0.6 is 27.3 Å². The number of nitrogens with zero attached hydrogens (tertiary/aromatic N) is 1. The molecular formula is C13H15BrN2S. The molecule has 90 valence electrons. The number of rotatable bonds is 4. The van der Waals surface area contributed by atoms with Crippen molar-refractivity contribution in [2.45, 2.75) is 26.4 Å². The second-order valence-electron chi connectivity index (χ2n) is 4.04. The van der Waals surface area contributed by atoms with Crippen molar-refractivity contribution in [3.63, 3.8) is 0 Å². The van der Waals surface area contributed by atoms with Crippen molar-refractivity contribution in [1.82, 2.24) is 10.3 Å². The molecule has 0 saturated carbocycles. The zero-order valence-electron chi connectivity index (χ0n) is 9.90. The molecule has 2 aromatic heterocycles. The Morgan fingerprint density at radius 3 is 2.82 bits per heavy atom. The third-order valence-corrected chi connectivity index (χ3v) is 4.68. The first-order valence-electron chi connectivity index (χ1n) is 5.54. The largest absolute Gasteiger partial charge is 0.305 e. The minimum absolute atomic E-state index is 0.352. The predicted octanol–water partition coefficient (Wildman–Crippen LogP) is 4.06. The molecule has 2 rings (SSSR count). The Labute approximate surface area is 114 Å². The molecule has 0 spiro atoms. The number of hydrogen-bond donors (Lipinski definition) is 1. The maximum absolute atomic E-state index is 4.29. The minimum atomic E-state index is 0.352. The highest BCUT2D eigenvalue weighted by molar-refractivity contribution is 9.10. The third-order valence-electron chi connectivity index (χ3n) is 2.62. The summed E-state index contributed by atoms with van der Waals surface area (Å²) in [6.45, 7) is 5.03. The maximum atomic E-state index is 4.29. The molecule has 0 saturated heterocycles. The van der Waals surface area contributed by atoms with Gasteiger partial charge in [0.05, 0.1) is 0 Å². The highest BCUT2D eigenvalue weighted by Crippen LogP contribution is 2.28. The molecule has 0 radical (unpaired) electrons. The van der Waals surface area contributed by atoms with Crippen LogP contribution in [0.2, 0.25) is 0 Å². The molecule has 2 heterocycles. The van der Waals surface area contributed by atoms with Crippen LogP contribution in [0.4, 0.5) is 0 Å². The van der Waals surface area contributed by atoms with Crippen LogP contribution in [0.25, 0.3) is 0 Å². The lowest BCUT2D eigenvalue weighted by molar-refractivity contribution is 0.580.